The van der Waals surface area contributed by atoms with Crippen LogP contribution in [0.15, 0.2) is 0 Å². The molecular weight excluding hydrogens is 230 g/mol. The van der Waals surface area contributed by atoms with Gasteiger partial charge in [-0.15, -0.1) is 5.10 Å². The molecule has 0 radical (unpaired) electrons. The predicted molar refractivity (Wildman–Crippen MR) is 66.7 cm³/mol. The molecular formula is C12H21N5O. The van der Waals surface area contributed by atoms with Gasteiger partial charge in [-0.05, 0) is 43.0 Å². The van der Waals surface area contributed by atoms with E-state index < -0.39 is 0 Å². The molecule has 1 amide bonds. The Morgan fingerprint density at radius 1 is 1.44 bits per heavy atom. The number of amides is 1. The lowest BCUT2D eigenvalue weighted by atomic mass is 10.0. The molecule has 1 N–H and O–H groups in total. The van der Waals surface area contributed by atoms with E-state index in [1.165, 1.54) is 0 Å². The summed E-state index contributed by atoms with van der Waals surface area (Å²) in [6.07, 6.45) is 3.99. The molecule has 0 saturated heterocycles. The number of carbonyl (C=O) groups excluding carboxylic acids is 1. The molecule has 1 heterocycles. The largest absolute Gasteiger partial charge is 0.346 e. The fraction of sp³-hybridized carbons (Fsp3) is 0.833. The first-order chi connectivity index (χ1) is 8.67. The molecule has 1 aromatic rings. The SMILES string of the molecule is CCC(CC)C(=O)N[C@@H](C)c1nnnn1C1CC1. The molecule has 0 aromatic carbocycles. The van der Waals surface area contributed by atoms with Crippen LogP contribution in [0.1, 0.15) is 64.4 Å². The van der Waals surface area contributed by atoms with Crippen LogP contribution in [0.4, 0.5) is 0 Å². The Morgan fingerprint density at radius 2 is 2.11 bits per heavy atom. The Labute approximate surface area is 107 Å². The molecule has 6 nitrogen and oxygen atoms in total. The van der Waals surface area contributed by atoms with Gasteiger partial charge < -0.3 is 5.32 Å². The van der Waals surface area contributed by atoms with Crippen molar-refractivity contribution >= 4 is 5.91 Å². The van der Waals surface area contributed by atoms with Crippen LogP contribution in [0.25, 0.3) is 0 Å². The van der Waals surface area contributed by atoms with Crippen molar-refractivity contribution in [3.63, 3.8) is 0 Å². The van der Waals surface area contributed by atoms with Gasteiger partial charge >= 0.3 is 0 Å². The Balaban J connectivity index is 2.00. The van der Waals surface area contributed by atoms with Crippen LogP contribution in [0.3, 0.4) is 0 Å². The summed E-state index contributed by atoms with van der Waals surface area (Å²) in [5, 5.41) is 14.7. The molecule has 0 spiro atoms. The van der Waals surface area contributed by atoms with Crippen LogP contribution in [0.5, 0.6) is 0 Å². The van der Waals surface area contributed by atoms with E-state index in [0.717, 1.165) is 31.5 Å². The second-order valence-electron chi connectivity index (χ2n) is 4.96. The predicted octanol–water partition coefficient (Wildman–Crippen LogP) is 1.62. The summed E-state index contributed by atoms with van der Waals surface area (Å²) in [5.41, 5.74) is 0. The van der Waals surface area contributed by atoms with E-state index in [-0.39, 0.29) is 17.9 Å². The van der Waals surface area contributed by atoms with Crippen molar-refractivity contribution in [2.45, 2.75) is 58.5 Å². The van der Waals surface area contributed by atoms with Crippen molar-refractivity contribution in [3.8, 4) is 0 Å². The van der Waals surface area contributed by atoms with Gasteiger partial charge in [-0.3, -0.25) is 4.79 Å². The summed E-state index contributed by atoms with van der Waals surface area (Å²) in [6, 6.07) is 0.302. The fourth-order valence-electron chi connectivity index (χ4n) is 2.12. The van der Waals surface area contributed by atoms with Crippen LogP contribution >= 0.6 is 0 Å². The fourth-order valence-corrected chi connectivity index (χ4v) is 2.12. The first kappa shape index (κ1) is 13.0. The second kappa shape index (κ2) is 5.46. The lowest BCUT2D eigenvalue weighted by Crippen LogP contribution is -2.33. The van der Waals surface area contributed by atoms with E-state index >= 15 is 0 Å². The Morgan fingerprint density at radius 3 is 2.67 bits per heavy atom. The number of rotatable bonds is 6. The second-order valence-corrected chi connectivity index (χ2v) is 4.96. The van der Waals surface area contributed by atoms with Crippen LogP contribution in [0.2, 0.25) is 0 Å². The minimum absolute atomic E-state index is 0.0812. The van der Waals surface area contributed by atoms with E-state index in [1.807, 2.05) is 25.5 Å². The maximum Gasteiger partial charge on any atom is 0.223 e. The Kier molecular flexibility index (Phi) is 3.93. The van der Waals surface area contributed by atoms with E-state index in [9.17, 15) is 4.79 Å². The van der Waals surface area contributed by atoms with Crippen LogP contribution in [0, 0.1) is 5.92 Å². The summed E-state index contributed by atoms with van der Waals surface area (Å²) in [4.78, 5) is 12.0. The zero-order valence-corrected chi connectivity index (χ0v) is 11.3. The lowest BCUT2D eigenvalue weighted by molar-refractivity contribution is -0.125. The van der Waals surface area contributed by atoms with Gasteiger partial charge in [0.1, 0.15) is 0 Å². The highest BCUT2D eigenvalue weighted by molar-refractivity contribution is 5.78. The van der Waals surface area contributed by atoms with Gasteiger partial charge in [0.15, 0.2) is 5.82 Å². The minimum atomic E-state index is -0.131. The smallest absolute Gasteiger partial charge is 0.223 e. The first-order valence-electron chi connectivity index (χ1n) is 6.75. The van der Waals surface area contributed by atoms with Gasteiger partial charge in [-0.2, -0.15) is 0 Å². The van der Waals surface area contributed by atoms with Gasteiger partial charge in [-0.1, -0.05) is 13.8 Å². The highest BCUT2D eigenvalue weighted by Crippen LogP contribution is 2.35. The molecule has 100 valence electrons. The van der Waals surface area contributed by atoms with Gasteiger partial charge in [-0.25, -0.2) is 4.68 Å². The molecule has 0 aliphatic heterocycles. The number of hydrogen-bond acceptors (Lipinski definition) is 4. The number of nitrogens with one attached hydrogen (secondary N) is 1. The average Bonchev–Trinajstić information content (AvgIpc) is 3.08. The van der Waals surface area contributed by atoms with Gasteiger partial charge in [0.25, 0.3) is 0 Å². The lowest BCUT2D eigenvalue weighted by Gasteiger charge is -2.17. The van der Waals surface area contributed by atoms with Crippen molar-refractivity contribution in [1.29, 1.82) is 0 Å². The summed E-state index contributed by atoms with van der Waals surface area (Å²) in [5.74, 6) is 0.937. The summed E-state index contributed by atoms with van der Waals surface area (Å²) in [7, 11) is 0. The van der Waals surface area contributed by atoms with Gasteiger partial charge in [0.05, 0.1) is 12.1 Å². The zero-order valence-electron chi connectivity index (χ0n) is 11.3. The molecule has 0 bridgehead atoms. The molecule has 2 rings (SSSR count). The van der Waals surface area contributed by atoms with Crippen molar-refractivity contribution in [3.05, 3.63) is 5.82 Å². The highest BCUT2D eigenvalue weighted by Gasteiger charge is 2.30. The third kappa shape index (κ3) is 2.68. The quantitative estimate of drug-likeness (QED) is 0.834. The molecule has 1 aromatic heterocycles. The summed E-state index contributed by atoms with van der Waals surface area (Å²) < 4.78 is 1.85. The molecule has 6 heteroatoms. The number of aromatic nitrogens is 4. The van der Waals surface area contributed by atoms with Crippen molar-refractivity contribution in [1.82, 2.24) is 25.5 Å². The number of nitrogens with zero attached hydrogens (tertiary/aromatic N) is 4. The van der Waals surface area contributed by atoms with Crippen LogP contribution in [-0.4, -0.2) is 26.1 Å². The standard InChI is InChI=1S/C12H21N5O/c1-4-9(5-2)12(18)13-8(3)11-14-15-16-17(11)10-6-7-10/h8-10H,4-7H2,1-3H3,(H,13,18)/t8-/m0/s1. The van der Waals surface area contributed by atoms with E-state index in [4.69, 9.17) is 0 Å². The van der Waals surface area contributed by atoms with Crippen LogP contribution in [-0.2, 0) is 4.79 Å². The number of hydrogen-bond donors (Lipinski definition) is 1. The topological polar surface area (TPSA) is 72.7 Å². The van der Waals surface area contributed by atoms with Gasteiger partial charge in [0.2, 0.25) is 5.91 Å². The van der Waals surface area contributed by atoms with Gasteiger partial charge in [0, 0.05) is 5.92 Å². The third-order valence-electron chi connectivity index (χ3n) is 3.51. The number of carbonyl (C=O) groups is 1. The molecule has 1 aliphatic carbocycles. The van der Waals surface area contributed by atoms with Crippen molar-refractivity contribution < 1.29 is 4.79 Å². The maximum absolute atomic E-state index is 12.0. The summed E-state index contributed by atoms with van der Waals surface area (Å²) >= 11 is 0. The Bertz CT molecular complexity index is 408. The van der Waals surface area contributed by atoms with Crippen LogP contribution < -0.4 is 5.32 Å². The molecule has 0 unspecified atom stereocenters. The monoisotopic (exact) mass is 251 g/mol. The third-order valence-corrected chi connectivity index (χ3v) is 3.51. The van der Waals surface area contributed by atoms with E-state index in [2.05, 4.69) is 20.8 Å². The molecule has 1 aliphatic rings. The van der Waals surface area contributed by atoms with E-state index in [0.29, 0.717) is 6.04 Å². The molecule has 1 fully saturated rings. The van der Waals surface area contributed by atoms with E-state index in [1.54, 1.807) is 0 Å². The molecule has 1 atom stereocenters. The number of tetrazole rings is 1. The van der Waals surface area contributed by atoms with Crippen molar-refractivity contribution in [2.24, 2.45) is 5.92 Å². The average molecular weight is 251 g/mol. The minimum Gasteiger partial charge on any atom is -0.346 e. The van der Waals surface area contributed by atoms with Crippen molar-refractivity contribution in [2.75, 3.05) is 0 Å². The zero-order chi connectivity index (χ0) is 13.1. The molecule has 18 heavy (non-hydrogen) atoms. The maximum atomic E-state index is 12.0. The summed E-state index contributed by atoms with van der Waals surface area (Å²) in [6.45, 7) is 6.00. The highest BCUT2D eigenvalue weighted by atomic mass is 16.1. The normalized spacial score (nSPS) is 16.9. The molecule has 1 saturated carbocycles. The first-order valence-corrected chi connectivity index (χ1v) is 6.75. The Hall–Kier alpha value is -1.46.